The number of nitrogens with zero attached hydrogens (tertiary/aromatic N) is 1. The fourth-order valence-corrected chi connectivity index (χ4v) is 3.19. The number of rotatable bonds is 7. The first kappa shape index (κ1) is 19.9. The molecule has 0 aliphatic carbocycles. The molecule has 2 aromatic carbocycles. The third-order valence-electron chi connectivity index (χ3n) is 3.23. The molecule has 0 saturated carbocycles. The fraction of sp³-hybridized carbons (Fsp3) is 0.278. The van der Waals surface area contributed by atoms with Gasteiger partial charge in [-0.2, -0.15) is 5.10 Å². The van der Waals surface area contributed by atoms with Gasteiger partial charge in [-0.1, -0.05) is 29.3 Å². The molecule has 0 aliphatic rings. The molecule has 0 heterocycles. The Hall–Kier alpha value is -1.43. The summed E-state index contributed by atoms with van der Waals surface area (Å²) in [6, 6.07) is 9.17. The van der Waals surface area contributed by atoms with Crippen molar-refractivity contribution < 1.29 is 9.47 Å². The molecule has 0 fully saturated rings. The maximum atomic E-state index is 6.13. The Kier molecular flexibility index (Phi) is 7.41. The summed E-state index contributed by atoms with van der Waals surface area (Å²) in [5.74, 6) is 1.31. The molecule has 4 nitrogen and oxygen atoms in total. The molecule has 0 aliphatic heterocycles. The monoisotopic (exact) mass is 444 g/mol. The smallest absolute Gasteiger partial charge is 0.175 e. The molecule has 0 bridgehead atoms. The maximum Gasteiger partial charge on any atom is 0.175 e. The van der Waals surface area contributed by atoms with Gasteiger partial charge in [0.15, 0.2) is 11.5 Å². The van der Waals surface area contributed by atoms with Crippen molar-refractivity contribution in [3.63, 3.8) is 0 Å². The van der Waals surface area contributed by atoms with Gasteiger partial charge in [-0.25, -0.2) is 0 Å². The van der Waals surface area contributed by atoms with Gasteiger partial charge in [-0.3, -0.25) is 0 Å². The topological polar surface area (TPSA) is 42.8 Å². The average molecular weight is 446 g/mol. The molecular weight excluding hydrogens is 427 g/mol. The lowest BCUT2D eigenvalue weighted by atomic mass is 10.2. The molecular formula is C18H19BrCl2N2O2. The zero-order chi connectivity index (χ0) is 18.4. The zero-order valence-corrected chi connectivity index (χ0v) is 17.2. The quantitative estimate of drug-likeness (QED) is 0.440. The van der Waals surface area contributed by atoms with Crippen LogP contribution in [-0.4, -0.2) is 19.4 Å². The summed E-state index contributed by atoms with van der Waals surface area (Å²) in [6.07, 6.45) is 1.74. The van der Waals surface area contributed by atoms with Gasteiger partial charge in [0.2, 0.25) is 0 Å². The normalized spacial score (nSPS) is 11.2. The van der Waals surface area contributed by atoms with Crippen LogP contribution in [0.2, 0.25) is 10.0 Å². The molecule has 0 unspecified atom stereocenters. The summed E-state index contributed by atoms with van der Waals surface area (Å²) in [5.41, 5.74) is 4.62. The van der Waals surface area contributed by atoms with Crippen molar-refractivity contribution in [2.45, 2.75) is 26.5 Å². The van der Waals surface area contributed by atoms with Gasteiger partial charge in [0.1, 0.15) is 0 Å². The molecule has 0 saturated heterocycles. The SMILES string of the molecule is COc1cc(/C=N/NCc2c(Cl)cccc2Cl)cc(Br)c1OC(C)C. The van der Waals surface area contributed by atoms with E-state index in [9.17, 15) is 0 Å². The number of nitrogens with one attached hydrogen (secondary N) is 1. The van der Waals surface area contributed by atoms with Crippen molar-refractivity contribution in [1.82, 2.24) is 5.43 Å². The lowest BCUT2D eigenvalue weighted by Gasteiger charge is -2.15. The highest BCUT2D eigenvalue weighted by Gasteiger charge is 2.12. The van der Waals surface area contributed by atoms with E-state index in [-0.39, 0.29) is 6.10 Å². The number of benzene rings is 2. The number of hydrogen-bond acceptors (Lipinski definition) is 4. The first-order valence-electron chi connectivity index (χ1n) is 7.65. The minimum Gasteiger partial charge on any atom is -0.493 e. The molecule has 134 valence electrons. The van der Waals surface area contributed by atoms with Crippen LogP contribution in [0.4, 0.5) is 0 Å². The molecule has 0 aromatic heterocycles. The van der Waals surface area contributed by atoms with Gasteiger partial charge in [0, 0.05) is 15.6 Å². The first-order valence-corrected chi connectivity index (χ1v) is 9.20. The summed E-state index contributed by atoms with van der Waals surface area (Å²) in [6.45, 7) is 4.36. The van der Waals surface area contributed by atoms with Crippen LogP contribution in [0.25, 0.3) is 0 Å². The van der Waals surface area contributed by atoms with E-state index in [1.807, 2.05) is 32.0 Å². The number of halogens is 3. The summed E-state index contributed by atoms with van der Waals surface area (Å²) in [5, 5.41) is 5.43. The van der Waals surface area contributed by atoms with Crippen molar-refractivity contribution in [1.29, 1.82) is 0 Å². The molecule has 0 radical (unpaired) electrons. The molecule has 0 amide bonds. The van der Waals surface area contributed by atoms with E-state index in [2.05, 4.69) is 26.5 Å². The van der Waals surface area contributed by atoms with Crippen molar-refractivity contribution in [2.24, 2.45) is 5.10 Å². The minimum absolute atomic E-state index is 0.0479. The van der Waals surface area contributed by atoms with E-state index in [0.29, 0.717) is 28.1 Å². The summed E-state index contributed by atoms with van der Waals surface area (Å²) in [7, 11) is 1.60. The Balaban J connectivity index is 2.09. The van der Waals surface area contributed by atoms with Gasteiger partial charge < -0.3 is 14.9 Å². The predicted molar refractivity (Wildman–Crippen MR) is 107 cm³/mol. The predicted octanol–water partition coefficient (Wildman–Crippen LogP) is 5.68. The lowest BCUT2D eigenvalue weighted by molar-refractivity contribution is 0.228. The van der Waals surface area contributed by atoms with Crippen LogP contribution in [0.1, 0.15) is 25.0 Å². The third kappa shape index (κ3) is 5.53. The summed E-state index contributed by atoms with van der Waals surface area (Å²) in [4.78, 5) is 0. The van der Waals surface area contributed by atoms with Crippen molar-refractivity contribution in [3.8, 4) is 11.5 Å². The van der Waals surface area contributed by atoms with Crippen LogP contribution in [0.5, 0.6) is 11.5 Å². The first-order chi connectivity index (χ1) is 11.9. The van der Waals surface area contributed by atoms with Gasteiger partial charge in [-0.05, 0) is 59.6 Å². The van der Waals surface area contributed by atoms with Gasteiger partial charge in [-0.15, -0.1) is 0 Å². The summed E-state index contributed by atoms with van der Waals surface area (Å²) >= 11 is 15.8. The second-order valence-electron chi connectivity index (χ2n) is 5.49. The van der Waals surface area contributed by atoms with E-state index in [4.69, 9.17) is 32.7 Å². The highest BCUT2D eigenvalue weighted by Crippen LogP contribution is 2.37. The van der Waals surface area contributed by atoms with Crippen LogP contribution in [0.15, 0.2) is 39.9 Å². The molecule has 1 N–H and O–H groups in total. The third-order valence-corrected chi connectivity index (χ3v) is 4.53. The van der Waals surface area contributed by atoms with E-state index in [1.165, 1.54) is 0 Å². The van der Waals surface area contributed by atoms with Crippen molar-refractivity contribution >= 4 is 45.3 Å². The van der Waals surface area contributed by atoms with E-state index in [0.717, 1.165) is 15.6 Å². The minimum atomic E-state index is 0.0479. The van der Waals surface area contributed by atoms with Crippen molar-refractivity contribution in [3.05, 3.63) is 56.0 Å². The van der Waals surface area contributed by atoms with E-state index < -0.39 is 0 Å². The number of hydrazone groups is 1. The highest BCUT2D eigenvalue weighted by molar-refractivity contribution is 9.10. The van der Waals surface area contributed by atoms with Crippen LogP contribution in [0.3, 0.4) is 0 Å². The Morgan fingerprint density at radius 1 is 1.24 bits per heavy atom. The van der Waals surface area contributed by atoms with Crippen LogP contribution < -0.4 is 14.9 Å². The number of methoxy groups -OCH3 is 1. The Bertz CT molecular complexity index is 747. The zero-order valence-electron chi connectivity index (χ0n) is 14.1. The van der Waals surface area contributed by atoms with Crippen LogP contribution in [0, 0.1) is 0 Å². The molecule has 2 aromatic rings. The molecule has 7 heteroatoms. The molecule has 25 heavy (non-hydrogen) atoms. The highest BCUT2D eigenvalue weighted by atomic mass is 79.9. The standard InChI is InChI=1S/C18H19BrCl2N2O2/c1-11(2)25-18-14(19)7-12(8-17(18)24-3)9-22-23-10-13-15(20)5-4-6-16(13)21/h4-9,11,23H,10H2,1-3H3/b22-9+. The second-order valence-corrected chi connectivity index (χ2v) is 7.16. The largest absolute Gasteiger partial charge is 0.493 e. The Morgan fingerprint density at radius 3 is 2.52 bits per heavy atom. The maximum absolute atomic E-state index is 6.13. The Labute approximate surface area is 166 Å². The van der Waals surface area contributed by atoms with Gasteiger partial charge >= 0.3 is 0 Å². The lowest BCUT2D eigenvalue weighted by Crippen LogP contribution is -2.08. The number of hydrogen-bond donors (Lipinski definition) is 1. The average Bonchev–Trinajstić information content (AvgIpc) is 2.55. The van der Waals surface area contributed by atoms with Crippen LogP contribution >= 0.6 is 39.1 Å². The van der Waals surface area contributed by atoms with Crippen molar-refractivity contribution in [2.75, 3.05) is 7.11 Å². The molecule has 2 rings (SSSR count). The molecule has 0 spiro atoms. The molecule has 0 atom stereocenters. The number of ether oxygens (including phenoxy) is 2. The van der Waals surface area contributed by atoms with E-state index in [1.54, 1.807) is 25.5 Å². The van der Waals surface area contributed by atoms with E-state index >= 15 is 0 Å². The Morgan fingerprint density at radius 2 is 1.92 bits per heavy atom. The van der Waals surface area contributed by atoms with Crippen LogP contribution in [-0.2, 0) is 6.54 Å². The van der Waals surface area contributed by atoms with Gasteiger partial charge in [0.25, 0.3) is 0 Å². The van der Waals surface area contributed by atoms with Gasteiger partial charge in [0.05, 0.1) is 30.4 Å². The second kappa shape index (κ2) is 9.32. The summed E-state index contributed by atoms with van der Waals surface area (Å²) < 4.78 is 12.0. The fourth-order valence-electron chi connectivity index (χ4n) is 2.11.